The van der Waals surface area contributed by atoms with Crippen molar-refractivity contribution < 1.29 is 23.2 Å². The monoisotopic (exact) mass is 170 g/mol. The smallest absolute Gasteiger partial charge is 0.430 e. The topological polar surface area (TPSA) is 40.5 Å². The lowest BCUT2D eigenvalue weighted by atomic mass is 10.3. The van der Waals surface area contributed by atoms with Crippen LogP contribution in [-0.2, 0) is 0 Å². The maximum absolute atomic E-state index is 12.0. The zero-order valence-electron chi connectivity index (χ0n) is 5.88. The summed E-state index contributed by atoms with van der Waals surface area (Å²) in [5.74, 6) is 0. The highest BCUT2D eigenvalue weighted by atomic mass is 19.2. The molecule has 0 aromatic heterocycles. The minimum absolute atomic E-state index is 0.249. The third-order valence-corrected chi connectivity index (χ3v) is 1.35. The second kappa shape index (κ2) is 5.43. The van der Waals surface area contributed by atoms with Crippen LogP contribution in [0.2, 0.25) is 0 Å². The number of hydrogen-bond acceptors (Lipinski definition) is 2. The fraction of sp³-hybridized carbons (Fsp3) is 1.00. The second-order valence-electron chi connectivity index (χ2n) is 2.24. The highest BCUT2D eigenvalue weighted by Crippen LogP contribution is 2.27. The molecule has 1 aliphatic rings. The van der Waals surface area contributed by atoms with Gasteiger partial charge in [0.2, 0.25) is 0 Å². The van der Waals surface area contributed by atoms with Crippen molar-refractivity contribution in [3.05, 3.63) is 0 Å². The Morgan fingerprint density at radius 3 is 1.36 bits per heavy atom. The van der Waals surface area contributed by atoms with Gasteiger partial charge in [0, 0.05) is 12.8 Å². The van der Waals surface area contributed by atoms with E-state index in [1.165, 1.54) is 0 Å². The van der Waals surface area contributed by atoms with Crippen LogP contribution in [0.1, 0.15) is 12.8 Å². The van der Waals surface area contributed by atoms with Crippen LogP contribution in [0.4, 0.5) is 13.2 Å². The van der Waals surface area contributed by atoms with Gasteiger partial charge in [-0.3, -0.25) is 0 Å². The molecule has 0 heterocycles. The van der Waals surface area contributed by atoms with Crippen LogP contribution in [0.3, 0.4) is 0 Å². The first-order chi connectivity index (χ1) is 5.11. The van der Waals surface area contributed by atoms with E-state index in [9.17, 15) is 13.2 Å². The fourth-order valence-electron chi connectivity index (χ4n) is 0.880. The summed E-state index contributed by atoms with van der Waals surface area (Å²) in [4.78, 5) is 0. The summed E-state index contributed by atoms with van der Waals surface area (Å²) in [6.07, 6.45) is -4.85. The molecule has 2 unspecified atom stereocenters. The molecule has 1 rings (SSSR count). The zero-order chi connectivity index (χ0) is 8.85. The average Bonchev–Trinajstić information content (AvgIpc) is 2.12. The van der Waals surface area contributed by atoms with Crippen molar-refractivity contribution in [1.82, 2.24) is 0 Å². The lowest BCUT2D eigenvalue weighted by Gasteiger charge is -1.96. The first-order valence-corrected chi connectivity index (χ1v) is 3.25. The number of alkyl halides is 3. The van der Waals surface area contributed by atoms with Gasteiger partial charge in [-0.05, 0) is 0 Å². The van der Waals surface area contributed by atoms with Crippen molar-refractivity contribution in [3.63, 3.8) is 0 Å². The van der Waals surface area contributed by atoms with Crippen molar-refractivity contribution in [3.8, 4) is 0 Å². The molecule has 2 N–H and O–H groups in total. The zero-order valence-corrected chi connectivity index (χ0v) is 5.88. The van der Waals surface area contributed by atoms with E-state index in [0.717, 1.165) is 0 Å². The summed E-state index contributed by atoms with van der Waals surface area (Å²) in [6.45, 7) is 0. The Morgan fingerprint density at radius 1 is 1.00 bits per heavy atom. The van der Waals surface area contributed by atoms with Crippen LogP contribution in [0.15, 0.2) is 0 Å². The third kappa shape index (κ3) is 4.26. The molecule has 0 aromatic rings. The first kappa shape index (κ1) is 10.8. The van der Waals surface area contributed by atoms with E-state index in [1.807, 2.05) is 0 Å². The summed E-state index contributed by atoms with van der Waals surface area (Å²) in [5.41, 5.74) is 0. The molecule has 0 aliphatic heterocycles. The highest BCUT2D eigenvalue weighted by molar-refractivity contribution is 6.13. The molecular formula is C5H10BF3O2. The predicted molar refractivity (Wildman–Crippen MR) is 35.5 cm³/mol. The predicted octanol–water partition coefficient (Wildman–Crippen LogP) is 0.0320. The van der Waals surface area contributed by atoms with Gasteiger partial charge in [0.05, 0.1) is 0 Å². The van der Waals surface area contributed by atoms with Crippen LogP contribution in [0.5, 0.6) is 0 Å². The van der Waals surface area contributed by atoms with E-state index in [-0.39, 0.29) is 12.8 Å². The lowest BCUT2D eigenvalue weighted by Crippen LogP contribution is -2.06. The van der Waals surface area contributed by atoms with Gasteiger partial charge in [0.25, 0.3) is 0 Å². The Labute approximate surface area is 63.3 Å². The molecule has 11 heavy (non-hydrogen) atoms. The Morgan fingerprint density at radius 2 is 1.27 bits per heavy atom. The molecule has 0 spiro atoms. The summed E-state index contributed by atoms with van der Waals surface area (Å²) >= 11 is 0. The van der Waals surface area contributed by atoms with E-state index >= 15 is 0 Å². The molecule has 6 heteroatoms. The van der Waals surface area contributed by atoms with E-state index in [2.05, 4.69) is 0 Å². The molecule has 2 nitrogen and oxygen atoms in total. The minimum Gasteiger partial charge on any atom is -0.430 e. The molecule has 66 valence electrons. The fourth-order valence-corrected chi connectivity index (χ4v) is 0.880. The van der Waals surface area contributed by atoms with Crippen LogP contribution >= 0.6 is 0 Å². The van der Waals surface area contributed by atoms with E-state index in [1.54, 1.807) is 0 Å². The van der Waals surface area contributed by atoms with Crippen LogP contribution in [-0.4, -0.2) is 36.2 Å². The first-order valence-electron chi connectivity index (χ1n) is 3.25. The second-order valence-corrected chi connectivity index (χ2v) is 2.24. The van der Waals surface area contributed by atoms with Crippen molar-refractivity contribution >= 4 is 7.69 Å². The number of hydrogen-bond donors (Lipinski definition) is 2. The van der Waals surface area contributed by atoms with Gasteiger partial charge in [-0.1, -0.05) is 0 Å². The van der Waals surface area contributed by atoms with Gasteiger partial charge in [-0.2, -0.15) is 0 Å². The van der Waals surface area contributed by atoms with Gasteiger partial charge in [-0.15, -0.1) is 0 Å². The van der Waals surface area contributed by atoms with Gasteiger partial charge in [0.1, 0.15) is 18.5 Å². The molecule has 0 aromatic carbocycles. The molecule has 1 aliphatic carbocycles. The molecule has 0 saturated heterocycles. The van der Waals surface area contributed by atoms with Gasteiger partial charge in [0.15, 0.2) is 0 Å². The van der Waals surface area contributed by atoms with Crippen molar-refractivity contribution in [2.75, 3.05) is 0 Å². The summed E-state index contributed by atoms with van der Waals surface area (Å²) in [5, 5.41) is 14.2. The van der Waals surface area contributed by atoms with Crippen LogP contribution < -0.4 is 0 Å². The molecule has 0 amide bonds. The quantitative estimate of drug-likeness (QED) is 0.503. The van der Waals surface area contributed by atoms with E-state index in [0.29, 0.717) is 0 Å². The summed E-state index contributed by atoms with van der Waals surface area (Å²) in [7, 11) is -0.750. The SMILES string of the molecule is FC1CC(F)C(F)C1.OBO. The van der Waals surface area contributed by atoms with Crippen molar-refractivity contribution in [1.29, 1.82) is 0 Å². The largest absolute Gasteiger partial charge is 0.432 e. The number of rotatable bonds is 0. The molecule has 1 fully saturated rings. The Hall–Kier alpha value is -0.225. The molecular weight excluding hydrogens is 160 g/mol. The maximum atomic E-state index is 12.0. The van der Waals surface area contributed by atoms with Gasteiger partial charge >= 0.3 is 7.69 Å². The van der Waals surface area contributed by atoms with Crippen molar-refractivity contribution in [2.24, 2.45) is 0 Å². The Bertz CT molecular complexity index is 95.7. The Kier molecular flexibility index (Phi) is 5.32. The van der Waals surface area contributed by atoms with E-state index in [4.69, 9.17) is 10.0 Å². The normalized spacial score (nSPS) is 35.9. The lowest BCUT2D eigenvalue weighted by molar-refractivity contribution is 0.199. The average molecular weight is 170 g/mol. The number of halogens is 3. The van der Waals surface area contributed by atoms with Crippen molar-refractivity contribution in [2.45, 2.75) is 31.4 Å². The van der Waals surface area contributed by atoms with Gasteiger partial charge in [-0.25, -0.2) is 13.2 Å². The summed E-state index contributed by atoms with van der Waals surface area (Å²) < 4.78 is 35.8. The van der Waals surface area contributed by atoms with Crippen LogP contribution in [0.25, 0.3) is 0 Å². The van der Waals surface area contributed by atoms with E-state index < -0.39 is 26.2 Å². The third-order valence-electron chi connectivity index (χ3n) is 1.35. The van der Waals surface area contributed by atoms with Gasteiger partial charge < -0.3 is 10.0 Å². The summed E-state index contributed by atoms with van der Waals surface area (Å²) in [6, 6.07) is 0. The molecule has 2 atom stereocenters. The molecule has 0 bridgehead atoms. The maximum Gasteiger partial charge on any atom is 0.432 e. The molecule has 1 saturated carbocycles. The minimum atomic E-state index is -1.55. The molecule has 0 radical (unpaired) electrons. The standard InChI is InChI=1S/C5H7F3.BH3O2/c6-3-1-4(7)5(8)2-3;2-1-3/h3-5H,1-2H2;1-3H. The Balaban J connectivity index is 0.000000292. The highest BCUT2D eigenvalue weighted by Gasteiger charge is 2.34. The van der Waals surface area contributed by atoms with Crippen LogP contribution in [0, 0.1) is 0 Å².